The molecule has 1 aliphatic heterocycles. The number of aromatic nitrogens is 3. The zero-order chi connectivity index (χ0) is 30.0. The maximum atomic E-state index is 13.9. The van der Waals surface area contributed by atoms with Gasteiger partial charge in [0.05, 0.1) is 47.0 Å². The largest absolute Gasteiger partial charge is 0.497 e. The molecule has 1 amide bonds. The molecule has 1 saturated heterocycles. The molecule has 0 aliphatic carbocycles. The summed E-state index contributed by atoms with van der Waals surface area (Å²) in [5.41, 5.74) is 5.37. The number of benzene rings is 3. The van der Waals surface area contributed by atoms with Crippen molar-refractivity contribution in [2.75, 3.05) is 25.2 Å². The van der Waals surface area contributed by atoms with Crippen LogP contribution in [0.5, 0.6) is 5.75 Å². The van der Waals surface area contributed by atoms with Gasteiger partial charge in [-0.15, -0.1) is 0 Å². The van der Waals surface area contributed by atoms with Crippen molar-refractivity contribution in [1.82, 2.24) is 20.1 Å². The van der Waals surface area contributed by atoms with E-state index in [1.165, 1.54) is 11.1 Å². The van der Waals surface area contributed by atoms with Gasteiger partial charge in [-0.25, -0.2) is 18.1 Å². The minimum Gasteiger partial charge on any atom is -0.497 e. The zero-order valence-electron chi connectivity index (χ0n) is 24.2. The number of rotatable bonds is 9. The van der Waals surface area contributed by atoms with E-state index in [9.17, 15) is 13.2 Å². The van der Waals surface area contributed by atoms with Gasteiger partial charge >= 0.3 is 0 Å². The lowest BCUT2D eigenvalue weighted by Crippen LogP contribution is -2.26. The number of nitrogens with one attached hydrogen (secondary N) is 1. The topological polar surface area (TPSA) is 103 Å². The van der Waals surface area contributed by atoms with Crippen molar-refractivity contribution in [3.8, 4) is 17.0 Å². The van der Waals surface area contributed by atoms with E-state index in [0.717, 1.165) is 12.0 Å². The summed E-state index contributed by atoms with van der Waals surface area (Å²) >= 11 is 0. The Kier molecular flexibility index (Phi) is 7.99. The van der Waals surface area contributed by atoms with Gasteiger partial charge in [0.1, 0.15) is 5.75 Å². The van der Waals surface area contributed by atoms with E-state index in [-0.39, 0.29) is 29.4 Å². The first-order valence-electron chi connectivity index (χ1n) is 14.5. The molecule has 0 radical (unpaired) electrons. The Bertz CT molecular complexity index is 1830. The lowest BCUT2D eigenvalue weighted by molar-refractivity contribution is 0.0954. The Morgan fingerprint density at radius 3 is 2.33 bits per heavy atom. The van der Waals surface area contributed by atoms with Gasteiger partial charge < -0.3 is 10.1 Å². The maximum absolute atomic E-state index is 13.9. The van der Waals surface area contributed by atoms with E-state index in [0.29, 0.717) is 46.7 Å². The normalized spacial score (nSPS) is 16.0. The molecule has 1 fully saturated rings. The second-order valence-electron chi connectivity index (χ2n) is 11.0. The van der Waals surface area contributed by atoms with E-state index in [4.69, 9.17) is 14.8 Å². The van der Waals surface area contributed by atoms with Gasteiger partial charge in [0.2, 0.25) is 0 Å². The molecule has 1 aliphatic rings. The Morgan fingerprint density at radius 1 is 1.00 bits per heavy atom. The van der Waals surface area contributed by atoms with Gasteiger partial charge in [-0.3, -0.25) is 4.79 Å². The predicted molar refractivity (Wildman–Crippen MR) is 168 cm³/mol. The fraction of sp³-hybridized carbons (Fsp3) is 0.265. The molecule has 1 unspecified atom stereocenters. The van der Waals surface area contributed by atoms with Gasteiger partial charge in [-0.05, 0) is 49.1 Å². The van der Waals surface area contributed by atoms with Gasteiger partial charge in [0.15, 0.2) is 15.5 Å². The fourth-order valence-corrected chi connectivity index (χ4v) is 7.66. The van der Waals surface area contributed by atoms with Gasteiger partial charge in [0, 0.05) is 18.0 Å². The number of pyridine rings is 1. The molecule has 0 saturated carbocycles. The Labute approximate surface area is 251 Å². The molecule has 2 aromatic heterocycles. The first-order chi connectivity index (χ1) is 20.8. The number of hydrogen-bond acceptors (Lipinski definition) is 6. The van der Waals surface area contributed by atoms with Crippen LogP contribution in [0.1, 0.15) is 52.0 Å². The third-order valence-electron chi connectivity index (χ3n) is 8.12. The minimum atomic E-state index is -3.15. The summed E-state index contributed by atoms with van der Waals surface area (Å²) in [5.74, 6) is 0.700. The van der Waals surface area contributed by atoms with E-state index in [2.05, 4.69) is 29.6 Å². The number of amides is 1. The zero-order valence-corrected chi connectivity index (χ0v) is 25.0. The molecule has 9 heteroatoms. The number of hydrogen-bond donors (Lipinski definition) is 1. The summed E-state index contributed by atoms with van der Waals surface area (Å²) in [4.78, 5) is 18.8. The number of nitrogens with zero attached hydrogens (tertiary/aromatic N) is 3. The van der Waals surface area contributed by atoms with Crippen LogP contribution in [0.4, 0.5) is 0 Å². The van der Waals surface area contributed by atoms with Crippen LogP contribution in [0.3, 0.4) is 0 Å². The molecule has 3 heterocycles. The van der Waals surface area contributed by atoms with Crippen LogP contribution in [0, 0.1) is 6.92 Å². The van der Waals surface area contributed by atoms with Crippen LogP contribution in [-0.2, 0) is 9.84 Å². The molecule has 0 spiro atoms. The van der Waals surface area contributed by atoms with Crippen LogP contribution in [0.2, 0.25) is 0 Å². The maximum Gasteiger partial charge on any atom is 0.252 e. The third-order valence-corrected chi connectivity index (χ3v) is 9.87. The molecule has 8 nitrogen and oxygen atoms in total. The van der Waals surface area contributed by atoms with Crippen molar-refractivity contribution >= 4 is 26.8 Å². The van der Waals surface area contributed by atoms with Crippen molar-refractivity contribution < 1.29 is 17.9 Å². The van der Waals surface area contributed by atoms with Crippen molar-refractivity contribution in [3.05, 3.63) is 113 Å². The van der Waals surface area contributed by atoms with Crippen LogP contribution in [0.25, 0.3) is 22.3 Å². The number of fused-ring (bicyclic) bond motifs is 1. The summed E-state index contributed by atoms with van der Waals surface area (Å²) in [6, 6.07) is 29.6. The van der Waals surface area contributed by atoms with Gasteiger partial charge in [-0.1, -0.05) is 72.8 Å². The molecule has 0 bridgehead atoms. The highest BCUT2D eigenvalue weighted by molar-refractivity contribution is 7.91. The molecular formula is C34H34N4O4S. The van der Waals surface area contributed by atoms with Crippen molar-refractivity contribution in [2.24, 2.45) is 0 Å². The summed E-state index contributed by atoms with van der Waals surface area (Å²) in [6.07, 6.45) is 1.18. The highest BCUT2D eigenvalue weighted by atomic mass is 32.2. The highest BCUT2D eigenvalue weighted by Crippen LogP contribution is 2.33. The SMILES string of the molecule is COc1cccc(-c2cc(C(=O)NCCC(c3ccccc3)c3ccccc3)c3c(C)nn(C4CCS(=O)(=O)C4)c3n2)c1. The molecule has 1 atom stereocenters. The second kappa shape index (κ2) is 12.0. The lowest BCUT2D eigenvalue weighted by Gasteiger charge is -2.19. The number of ether oxygens (including phenoxy) is 1. The predicted octanol–water partition coefficient (Wildman–Crippen LogP) is 5.73. The minimum absolute atomic E-state index is 0.0101. The smallest absolute Gasteiger partial charge is 0.252 e. The second-order valence-corrected chi connectivity index (χ2v) is 13.2. The van der Waals surface area contributed by atoms with Crippen molar-refractivity contribution in [2.45, 2.75) is 31.7 Å². The Morgan fingerprint density at radius 2 is 1.70 bits per heavy atom. The van der Waals surface area contributed by atoms with Crippen molar-refractivity contribution in [3.63, 3.8) is 0 Å². The molecule has 3 aromatic carbocycles. The van der Waals surface area contributed by atoms with E-state index in [1.807, 2.05) is 67.6 Å². The number of methoxy groups -OCH3 is 1. The molecular weight excluding hydrogens is 560 g/mol. The molecule has 5 aromatic rings. The fourth-order valence-electron chi connectivity index (χ4n) is 5.97. The van der Waals surface area contributed by atoms with Crippen molar-refractivity contribution in [1.29, 1.82) is 0 Å². The first kappa shape index (κ1) is 28.6. The summed E-state index contributed by atoms with van der Waals surface area (Å²) in [5, 5.41) is 8.51. The highest BCUT2D eigenvalue weighted by Gasteiger charge is 2.32. The average molecular weight is 595 g/mol. The standard InChI is InChI=1S/C34H34N4O4S/c1-23-32-30(34(39)35-18-16-29(24-10-5-3-6-11-24)25-12-7-4-8-13-25)21-31(26-14-9-15-28(20-26)42-2)36-33(32)38(37-23)27-17-19-43(40,41)22-27/h3-15,20-21,27,29H,16-19,22H2,1-2H3,(H,35,39). The summed E-state index contributed by atoms with van der Waals surface area (Å²) in [7, 11) is -1.55. The van der Waals surface area contributed by atoms with Crippen LogP contribution in [0.15, 0.2) is 91.0 Å². The number of aryl methyl sites for hydroxylation is 1. The molecule has 43 heavy (non-hydrogen) atoms. The lowest BCUT2D eigenvalue weighted by atomic mass is 9.88. The van der Waals surface area contributed by atoms with Gasteiger partial charge in [-0.2, -0.15) is 5.10 Å². The molecule has 6 rings (SSSR count). The monoisotopic (exact) mass is 594 g/mol. The van der Waals surface area contributed by atoms with Crippen LogP contribution >= 0.6 is 0 Å². The van der Waals surface area contributed by atoms with E-state index < -0.39 is 9.84 Å². The Balaban J connectivity index is 1.35. The number of carbonyl (C=O) groups is 1. The average Bonchev–Trinajstić information content (AvgIpc) is 3.57. The third kappa shape index (κ3) is 6.03. The quantitative estimate of drug-likeness (QED) is 0.234. The summed E-state index contributed by atoms with van der Waals surface area (Å²) < 4.78 is 31.8. The van der Waals surface area contributed by atoms with Crippen LogP contribution < -0.4 is 10.1 Å². The molecule has 220 valence electrons. The van der Waals surface area contributed by atoms with E-state index >= 15 is 0 Å². The number of sulfone groups is 1. The number of carbonyl (C=O) groups excluding carboxylic acids is 1. The first-order valence-corrected chi connectivity index (χ1v) is 16.3. The van der Waals surface area contributed by atoms with Crippen LogP contribution in [-0.4, -0.2) is 54.2 Å². The van der Waals surface area contributed by atoms with E-state index in [1.54, 1.807) is 17.9 Å². The molecule has 1 N–H and O–H groups in total. The Hall–Kier alpha value is -4.50. The van der Waals surface area contributed by atoms with Gasteiger partial charge in [0.25, 0.3) is 5.91 Å². The summed E-state index contributed by atoms with van der Waals surface area (Å²) in [6.45, 7) is 2.30.